The van der Waals surface area contributed by atoms with Crippen LogP contribution in [0.5, 0.6) is 11.5 Å². The number of rotatable bonds is 6. The van der Waals surface area contributed by atoms with E-state index in [0.29, 0.717) is 29.2 Å². The monoisotopic (exact) mass is 553 g/mol. The number of aromatic nitrogens is 3. The second kappa shape index (κ2) is 10.5. The number of aliphatic hydroxyl groups excluding tert-OH is 1. The molecular weight excluding hydrogens is 529 g/mol. The van der Waals surface area contributed by atoms with Gasteiger partial charge in [0, 0.05) is 38.4 Å². The molecule has 1 saturated heterocycles. The van der Waals surface area contributed by atoms with Crippen molar-refractivity contribution >= 4 is 29.1 Å². The minimum absolute atomic E-state index is 0.105. The quantitative estimate of drug-likeness (QED) is 0.463. The fourth-order valence-electron chi connectivity index (χ4n) is 5.06. The van der Waals surface area contributed by atoms with Gasteiger partial charge in [-0.15, -0.1) is 0 Å². The van der Waals surface area contributed by atoms with Crippen LogP contribution in [0.2, 0.25) is 5.02 Å². The number of allylic oxidation sites excluding steroid dienone is 1. The van der Waals surface area contributed by atoms with Crippen LogP contribution >= 0.6 is 11.6 Å². The minimum Gasteiger partial charge on any atom is -0.510 e. The van der Waals surface area contributed by atoms with Crippen LogP contribution in [-0.4, -0.2) is 69.6 Å². The Morgan fingerprint density at radius 3 is 2.54 bits per heavy atom. The molecule has 0 saturated carbocycles. The number of benzene rings is 1. The number of aliphatic imine (C=N–C) groups is 1. The zero-order valence-corrected chi connectivity index (χ0v) is 22.1. The lowest BCUT2D eigenvalue weighted by atomic mass is 9.84. The molecule has 0 radical (unpaired) electrons. The van der Waals surface area contributed by atoms with E-state index in [1.165, 1.54) is 36.1 Å². The molecule has 1 aromatic carbocycles. The molecule has 202 valence electrons. The molecule has 2 aliphatic rings. The molecule has 2 atom stereocenters. The number of carbonyl (C=O) groups is 2. The van der Waals surface area contributed by atoms with E-state index in [0.717, 1.165) is 0 Å². The van der Waals surface area contributed by atoms with E-state index in [1.54, 1.807) is 37.5 Å². The zero-order chi connectivity index (χ0) is 27.8. The van der Waals surface area contributed by atoms with Gasteiger partial charge in [-0.2, -0.15) is 5.10 Å². The van der Waals surface area contributed by atoms with Gasteiger partial charge in [-0.05, 0) is 30.7 Å². The van der Waals surface area contributed by atoms with Crippen LogP contribution in [0.15, 0.2) is 59.1 Å². The number of likely N-dealkylation sites (tertiary alicyclic amines) is 1. The first-order valence-corrected chi connectivity index (χ1v) is 12.5. The van der Waals surface area contributed by atoms with Crippen molar-refractivity contribution in [2.45, 2.75) is 18.3 Å². The molecule has 39 heavy (non-hydrogen) atoms. The first-order chi connectivity index (χ1) is 18.7. The summed E-state index contributed by atoms with van der Waals surface area (Å²) in [6, 6.07) is 7.90. The van der Waals surface area contributed by atoms with Crippen molar-refractivity contribution in [2.24, 2.45) is 12.0 Å². The Kier molecular flexibility index (Phi) is 7.09. The first-order valence-electron chi connectivity index (χ1n) is 12.1. The van der Waals surface area contributed by atoms with Crippen molar-refractivity contribution in [3.05, 3.63) is 81.8 Å². The standard InChI is InChI=1S/C27H25ClFN5O5/c1-33-9-8-17(32-33)24-21(20-18(38-2)5-4-6-19(20)39-3)25(35)22(26(36)31-24)27(37)34-10-7-14(13-34)23-16(29)11-15(28)12-30-23/h4-6,8-9,11-12,14,21,35H,7,10,13H2,1-3H3. The number of carbonyl (C=O) groups excluding carboxylic acids is 2. The second-order valence-electron chi connectivity index (χ2n) is 9.20. The number of methoxy groups -OCH3 is 2. The number of dihydropyridines is 1. The number of amides is 2. The highest BCUT2D eigenvalue weighted by atomic mass is 35.5. The number of hydrogen-bond donors (Lipinski definition) is 1. The predicted molar refractivity (Wildman–Crippen MR) is 140 cm³/mol. The summed E-state index contributed by atoms with van der Waals surface area (Å²) >= 11 is 5.83. The van der Waals surface area contributed by atoms with Crippen LogP contribution in [-0.2, 0) is 16.6 Å². The molecule has 0 spiro atoms. The third kappa shape index (κ3) is 4.74. The Bertz CT molecular complexity index is 1510. The molecule has 0 bridgehead atoms. The molecule has 3 aromatic rings. The molecule has 1 N–H and O–H groups in total. The van der Waals surface area contributed by atoms with Crippen LogP contribution in [0.4, 0.5) is 4.39 Å². The molecule has 2 aliphatic heterocycles. The Hall–Kier alpha value is -4.25. The lowest BCUT2D eigenvalue weighted by Gasteiger charge is -2.27. The summed E-state index contributed by atoms with van der Waals surface area (Å²) in [7, 11) is 4.64. The molecule has 10 nitrogen and oxygen atoms in total. The van der Waals surface area contributed by atoms with E-state index in [2.05, 4.69) is 15.1 Å². The van der Waals surface area contributed by atoms with Crippen molar-refractivity contribution < 1.29 is 28.6 Å². The molecule has 1 fully saturated rings. The number of pyridine rings is 1. The van der Waals surface area contributed by atoms with Crippen molar-refractivity contribution in [3.8, 4) is 11.5 Å². The number of aryl methyl sites for hydroxylation is 1. The third-order valence-electron chi connectivity index (χ3n) is 6.88. The van der Waals surface area contributed by atoms with Gasteiger partial charge in [-0.25, -0.2) is 9.38 Å². The molecular formula is C27H25ClFN5O5. The zero-order valence-electron chi connectivity index (χ0n) is 21.4. The summed E-state index contributed by atoms with van der Waals surface area (Å²) in [6.45, 7) is 0.338. The van der Waals surface area contributed by atoms with Crippen LogP contribution in [0.1, 0.15) is 35.2 Å². The van der Waals surface area contributed by atoms with Gasteiger partial charge in [0.15, 0.2) is 0 Å². The highest BCUT2D eigenvalue weighted by Gasteiger charge is 2.43. The van der Waals surface area contributed by atoms with Gasteiger partial charge >= 0.3 is 0 Å². The number of nitrogens with zero attached hydrogens (tertiary/aromatic N) is 5. The van der Waals surface area contributed by atoms with Gasteiger partial charge in [0.2, 0.25) is 0 Å². The van der Waals surface area contributed by atoms with Crippen molar-refractivity contribution in [1.29, 1.82) is 0 Å². The summed E-state index contributed by atoms with van der Waals surface area (Å²) in [5.74, 6) is -3.43. The third-order valence-corrected chi connectivity index (χ3v) is 7.09. The summed E-state index contributed by atoms with van der Waals surface area (Å²) < 4.78 is 27.1. The summed E-state index contributed by atoms with van der Waals surface area (Å²) in [4.78, 5) is 36.7. The van der Waals surface area contributed by atoms with Crippen LogP contribution in [0, 0.1) is 5.82 Å². The molecule has 4 heterocycles. The number of ether oxygens (including phenoxy) is 2. The maximum absolute atomic E-state index is 14.5. The van der Waals surface area contributed by atoms with Crippen molar-refractivity contribution in [1.82, 2.24) is 19.7 Å². The lowest BCUT2D eigenvalue weighted by molar-refractivity contribution is -0.129. The van der Waals surface area contributed by atoms with Gasteiger partial charge in [0.05, 0.1) is 42.1 Å². The predicted octanol–water partition coefficient (Wildman–Crippen LogP) is 3.57. The fourth-order valence-corrected chi connectivity index (χ4v) is 5.21. The SMILES string of the molecule is COc1cccc(OC)c1C1C(c2ccn(C)n2)=NC(=O)C(C(=O)N2CCC(c3ncc(Cl)cc3F)C2)=C1O. The van der Waals surface area contributed by atoms with E-state index in [-0.39, 0.29) is 29.5 Å². The van der Waals surface area contributed by atoms with E-state index in [1.807, 2.05) is 0 Å². The topological polar surface area (TPSA) is 119 Å². The Labute approximate surface area is 228 Å². The molecule has 0 aliphatic carbocycles. The largest absolute Gasteiger partial charge is 0.510 e. The number of aliphatic hydroxyl groups is 1. The Balaban J connectivity index is 1.56. The van der Waals surface area contributed by atoms with Gasteiger partial charge in [0.25, 0.3) is 11.8 Å². The van der Waals surface area contributed by atoms with E-state index in [9.17, 15) is 19.1 Å². The summed E-state index contributed by atoms with van der Waals surface area (Å²) in [6.07, 6.45) is 3.45. The van der Waals surface area contributed by atoms with Gasteiger partial charge in [-0.1, -0.05) is 17.7 Å². The first kappa shape index (κ1) is 26.4. The minimum atomic E-state index is -1.09. The highest BCUT2D eigenvalue weighted by Crippen LogP contribution is 2.43. The molecule has 2 aromatic heterocycles. The van der Waals surface area contributed by atoms with E-state index >= 15 is 0 Å². The van der Waals surface area contributed by atoms with Gasteiger partial charge in [-0.3, -0.25) is 19.3 Å². The highest BCUT2D eigenvalue weighted by molar-refractivity contribution is 6.30. The maximum Gasteiger partial charge on any atom is 0.286 e. The Morgan fingerprint density at radius 1 is 1.21 bits per heavy atom. The average molecular weight is 554 g/mol. The van der Waals surface area contributed by atoms with Crippen LogP contribution in [0.25, 0.3) is 0 Å². The molecule has 12 heteroatoms. The second-order valence-corrected chi connectivity index (χ2v) is 9.64. The van der Waals surface area contributed by atoms with E-state index in [4.69, 9.17) is 21.1 Å². The molecule has 5 rings (SSSR count). The number of hydrogen-bond acceptors (Lipinski definition) is 7. The smallest absolute Gasteiger partial charge is 0.286 e. The maximum atomic E-state index is 14.5. The van der Waals surface area contributed by atoms with Gasteiger partial charge < -0.3 is 19.5 Å². The fraction of sp³-hybridized carbons (Fsp3) is 0.296. The van der Waals surface area contributed by atoms with Crippen molar-refractivity contribution in [3.63, 3.8) is 0 Å². The van der Waals surface area contributed by atoms with Crippen LogP contribution < -0.4 is 9.47 Å². The Morgan fingerprint density at radius 2 is 1.92 bits per heavy atom. The molecule has 2 unspecified atom stereocenters. The number of halogens is 2. The summed E-state index contributed by atoms with van der Waals surface area (Å²) in [5, 5.41) is 16.2. The molecule has 2 amide bonds. The van der Waals surface area contributed by atoms with Gasteiger partial charge in [0.1, 0.15) is 34.3 Å². The lowest BCUT2D eigenvalue weighted by Crippen LogP contribution is -2.37. The van der Waals surface area contributed by atoms with Crippen LogP contribution in [0.3, 0.4) is 0 Å². The van der Waals surface area contributed by atoms with E-state index < -0.39 is 40.8 Å². The average Bonchev–Trinajstić information content (AvgIpc) is 3.57. The van der Waals surface area contributed by atoms with Crippen molar-refractivity contribution in [2.75, 3.05) is 27.3 Å². The normalized spacial score (nSPS) is 19.4. The summed E-state index contributed by atoms with van der Waals surface area (Å²) in [5.41, 5.74) is 0.582.